The van der Waals surface area contributed by atoms with E-state index in [4.69, 9.17) is 9.47 Å². The molecule has 0 aromatic heterocycles. The van der Waals surface area contributed by atoms with Crippen molar-refractivity contribution < 1.29 is 31.4 Å². The Balaban J connectivity index is 1.86. The number of ether oxygens (including phenoxy) is 2. The summed E-state index contributed by atoms with van der Waals surface area (Å²) < 4.78 is 72.2. The zero-order chi connectivity index (χ0) is 17.2. The van der Waals surface area contributed by atoms with Crippen LogP contribution in [0.2, 0.25) is 0 Å². The summed E-state index contributed by atoms with van der Waals surface area (Å²) in [4.78, 5) is 0. The van der Waals surface area contributed by atoms with Crippen molar-refractivity contribution in [3.05, 3.63) is 0 Å². The molecule has 1 fully saturated rings. The summed E-state index contributed by atoms with van der Waals surface area (Å²) in [5.74, 6) is -4.56. The quantitative estimate of drug-likeness (QED) is 0.363. The Hall–Kier alpha value is -0.430. The highest BCUT2D eigenvalue weighted by Gasteiger charge is 2.56. The second kappa shape index (κ2) is 10.4. The second-order valence-corrected chi connectivity index (χ2v) is 6.11. The van der Waals surface area contributed by atoms with Crippen molar-refractivity contribution in [2.75, 3.05) is 19.8 Å². The summed E-state index contributed by atoms with van der Waals surface area (Å²) in [7, 11) is 0. The van der Waals surface area contributed by atoms with Crippen molar-refractivity contribution in [1.29, 1.82) is 0 Å². The number of hydrogen-bond acceptors (Lipinski definition) is 2. The van der Waals surface area contributed by atoms with Gasteiger partial charge in [-0.2, -0.15) is 22.0 Å². The molecular weight excluding hydrogens is 319 g/mol. The number of rotatable bonds is 11. The van der Waals surface area contributed by atoms with Crippen LogP contribution in [0.3, 0.4) is 0 Å². The molecule has 1 saturated heterocycles. The van der Waals surface area contributed by atoms with Crippen LogP contribution in [0, 0.1) is 0 Å². The Labute approximate surface area is 134 Å². The minimum atomic E-state index is -5.43. The minimum Gasteiger partial charge on any atom is -0.381 e. The van der Waals surface area contributed by atoms with E-state index in [0.717, 1.165) is 38.7 Å². The molecule has 0 aliphatic carbocycles. The molecule has 7 heteroatoms. The zero-order valence-electron chi connectivity index (χ0n) is 13.5. The molecule has 0 aromatic carbocycles. The predicted octanol–water partition coefficient (Wildman–Crippen LogP) is 5.50. The van der Waals surface area contributed by atoms with Gasteiger partial charge in [-0.1, -0.05) is 19.3 Å². The number of alkyl halides is 5. The van der Waals surface area contributed by atoms with Crippen LogP contribution in [0.4, 0.5) is 22.0 Å². The van der Waals surface area contributed by atoms with Gasteiger partial charge in [-0.3, -0.25) is 0 Å². The molecule has 1 aliphatic rings. The van der Waals surface area contributed by atoms with Crippen LogP contribution in [0.25, 0.3) is 0 Å². The lowest BCUT2D eigenvalue weighted by Gasteiger charge is -2.22. The first-order chi connectivity index (χ1) is 10.8. The SMILES string of the molecule is FC(F)(F)C(F)(F)CCCCCCCOCCC1CCCCO1. The van der Waals surface area contributed by atoms with E-state index in [9.17, 15) is 22.0 Å². The van der Waals surface area contributed by atoms with Crippen molar-refractivity contribution in [2.24, 2.45) is 0 Å². The first kappa shape index (κ1) is 20.6. The molecule has 1 aliphatic heterocycles. The Bertz CT molecular complexity index is 301. The summed E-state index contributed by atoms with van der Waals surface area (Å²) in [6.45, 7) is 2.09. The summed E-state index contributed by atoms with van der Waals surface area (Å²) in [6.07, 6.45) is 0.620. The van der Waals surface area contributed by atoms with E-state index in [0.29, 0.717) is 32.2 Å². The highest BCUT2D eigenvalue weighted by Crippen LogP contribution is 2.39. The molecule has 0 saturated carbocycles. The average Bonchev–Trinajstić information content (AvgIpc) is 2.49. The summed E-state index contributed by atoms with van der Waals surface area (Å²) in [5, 5.41) is 0. The lowest BCUT2D eigenvalue weighted by atomic mass is 10.1. The fourth-order valence-electron chi connectivity index (χ4n) is 2.58. The minimum absolute atomic E-state index is 0.105. The van der Waals surface area contributed by atoms with Crippen LogP contribution in [-0.2, 0) is 9.47 Å². The van der Waals surface area contributed by atoms with Crippen molar-refractivity contribution in [1.82, 2.24) is 0 Å². The van der Waals surface area contributed by atoms with Gasteiger partial charge < -0.3 is 9.47 Å². The van der Waals surface area contributed by atoms with Crippen LogP contribution >= 0.6 is 0 Å². The van der Waals surface area contributed by atoms with E-state index in [1.807, 2.05) is 0 Å². The molecule has 0 N–H and O–H groups in total. The molecule has 1 rings (SSSR count). The summed E-state index contributed by atoms with van der Waals surface area (Å²) in [5.41, 5.74) is 0. The monoisotopic (exact) mass is 346 g/mol. The Morgan fingerprint density at radius 2 is 1.57 bits per heavy atom. The van der Waals surface area contributed by atoms with Crippen LogP contribution in [0.15, 0.2) is 0 Å². The number of hydrogen-bond donors (Lipinski definition) is 0. The normalized spacial score (nSPS) is 20.0. The Kier molecular flexibility index (Phi) is 9.36. The molecule has 1 heterocycles. The smallest absolute Gasteiger partial charge is 0.381 e. The lowest BCUT2D eigenvalue weighted by molar-refractivity contribution is -0.284. The largest absolute Gasteiger partial charge is 0.453 e. The van der Waals surface area contributed by atoms with E-state index < -0.39 is 18.5 Å². The van der Waals surface area contributed by atoms with Crippen molar-refractivity contribution >= 4 is 0 Å². The molecule has 0 bridgehead atoms. The molecule has 1 unspecified atom stereocenters. The highest BCUT2D eigenvalue weighted by atomic mass is 19.4. The zero-order valence-corrected chi connectivity index (χ0v) is 13.5. The molecule has 0 aromatic rings. The highest BCUT2D eigenvalue weighted by molar-refractivity contribution is 4.75. The fraction of sp³-hybridized carbons (Fsp3) is 1.00. The van der Waals surface area contributed by atoms with Gasteiger partial charge in [0.2, 0.25) is 0 Å². The molecule has 2 nitrogen and oxygen atoms in total. The maximum Gasteiger partial charge on any atom is 0.453 e. The summed E-state index contributed by atoms with van der Waals surface area (Å²) in [6, 6.07) is 0. The van der Waals surface area contributed by atoms with E-state index in [-0.39, 0.29) is 6.42 Å². The molecule has 0 radical (unpaired) electrons. The molecule has 23 heavy (non-hydrogen) atoms. The topological polar surface area (TPSA) is 18.5 Å². The van der Waals surface area contributed by atoms with Gasteiger partial charge in [0.25, 0.3) is 0 Å². The van der Waals surface area contributed by atoms with Gasteiger partial charge in [0.1, 0.15) is 0 Å². The Morgan fingerprint density at radius 1 is 0.870 bits per heavy atom. The van der Waals surface area contributed by atoms with Crippen molar-refractivity contribution in [3.8, 4) is 0 Å². The van der Waals surface area contributed by atoms with Crippen molar-refractivity contribution in [2.45, 2.75) is 82.4 Å². The van der Waals surface area contributed by atoms with E-state index in [2.05, 4.69) is 0 Å². The van der Waals surface area contributed by atoms with E-state index in [1.165, 1.54) is 6.42 Å². The molecule has 138 valence electrons. The van der Waals surface area contributed by atoms with Gasteiger partial charge in [0, 0.05) is 26.2 Å². The van der Waals surface area contributed by atoms with Crippen LogP contribution in [0.1, 0.15) is 64.2 Å². The van der Waals surface area contributed by atoms with Gasteiger partial charge in [-0.25, -0.2) is 0 Å². The van der Waals surface area contributed by atoms with Gasteiger partial charge >= 0.3 is 12.1 Å². The van der Waals surface area contributed by atoms with Crippen molar-refractivity contribution in [3.63, 3.8) is 0 Å². The predicted molar refractivity (Wildman–Crippen MR) is 77.7 cm³/mol. The third-order valence-corrected chi connectivity index (χ3v) is 4.05. The molecular formula is C16H27F5O2. The standard InChI is InChI=1S/C16H27F5O2/c17-15(18,16(19,20)21)10-5-2-1-3-6-11-22-13-9-14-8-4-7-12-23-14/h14H,1-13H2. The number of halogens is 5. The second-order valence-electron chi connectivity index (χ2n) is 6.11. The van der Waals surface area contributed by atoms with Gasteiger partial charge in [0.05, 0.1) is 6.10 Å². The first-order valence-electron chi connectivity index (χ1n) is 8.47. The number of unbranched alkanes of at least 4 members (excludes halogenated alkanes) is 4. The molecule has 1 atom stereocenters. The maximum absolute atomic E-state index is 12.6. The van der Waals surface area contributed by atoms with Gasteiger partial charge in [0.15, 0.2) is 0 Å². The van der Waals surface area contributed by atoms with Gasteiger partial charge in [-0.15, -0.1) is 0 Å². The third kappa shape index (κ3) is 8.84. The average molecular weight is 346 g/mol. The van der Waals surface area contributed by atoms with E-state index in [1.54, 1.807) is 0 Å². The molecule has 0 amide bonds. The fourth-order valence-corrected chi connectivity index (χ4v) is 2.58. The first-order valence-corrected chi connectivity index (χ1v) is 8.47. The van der Waals surface area contributed by atoms with Gasteiger partial charge in [-0.05, 0) is 38.5 Å². The Morgan fingerprint density at radius 3 is 2.22 bits per heavy atom. The summed E-state index contributed by atoms with van der Waals surface area (Å²) >= 11 is 0. The third-order valence-electron chi connectivity index (χ3n) is 4.05. The van der Waals surface area contributed by atoms with E-state index >= 15 is 0 Å². The lowest BCUT2D eigenvalue weighted by Crippen LogP contribution is -2.36. The molecule has 0 spiro atoms. The van der Waals surface area contributed by atoms with Crippen LogP contribution < -0.4 is 0 Å². The maximum atomic E-state index is 12.6. The van der Waals surface area contributed by atoms with Crippen LogP contribution in [-0.4, -0.2) is 38.0 Å². The van der Waals surface area contributed by atoms with Crippen LogP contribution in [0.5, 0.6) is 0 Å².